The number of nitrogens with zero attached hydrogens (tertiary/aromatic N) is 1. The summed E-state index contributed by atoms with van der Waals surface area (Å²) in [5, 5.41) is 2.81. The Balaban J connectivity index is 1.86. The van der Waals surface area contributed by atoms with Crippen molar-refractivity contribution in [1.29, 1.82) is 0 Å². The van der Waals surface area contributed by atoms with E-state index in [0.717, 1.165) is 12.1 Å². The monoisotopic (exact) mass is 283 g/mol. The Labute approximate surface area is 120 Å². The van der Waals surface area contributed by atoms with Gasteiger partial charge in [0.15, 0.2) is 0 Å². The van der Waals surface area contributed by atoms with Crippen LogP contribution >= 0.6 is 0 Å². The fraction of sp³-hybridized carbons (Fsp3) is 0.643. The smallest absolute Gasteiger partial charge is 0.224 e. The van der Waals surface area contributed by atoms with Crippen LogP contribution in [0, 0.1) is 0 Å². The Hall–Kier alpha value is -1.37. The summed E-state index contributed by atoms with van der Waals surface area (Å²) in [6.45, 7) is 3.81. The molecule has 20 heavy (non-hydrogen) atoms. The van der Waals surface area contributed by atoms with Crippen LogP contribution in [0.3, 0.4) is 0 Å². The lowest BCUT2D eigenvalue weighted by Gasteiger charge is -2.10. The van der Waals surface area contributed by atoms with Crippen molar-refractivity contribution in [2.45, 2.75) is 6.42 Å². The van der Waals surface area contributed by atoms with E-state index in [2.05, 4.69) is 15.2 Å². The van der Waals surface area contributed by atoms with Crippen molar-refractivity contribution in [3.63, 3.8) is 0 Å². The molecular formula is C14H25N3O3. The summed E-state index contributed by atoms with van der Waals surface area (Å²) in [6.07, 6.45) is 4.03. The molecule has 2 N–H and O–H groups in total. The van der Waals surface area contributed by atoms with Gasteiger partial charge in [0.25, 0.3) is 0 Å². The molecule has 0 saturated carbocycles. The third-order valence-corrected chi connectivity index (χ3v) is 2.65. The summed E-state index contributed by atoms with van der Waals surface area (Å²) >= 11 is 0. The van der Waals surface area contributed by atoms with E-state index in [1.54, 1.807) is 0 Å². The molecule has 1 aromatic heterocycles. The normalized spacial score (nSPS) is 10.9. The first kappa shape index (κ1) is 16.7. The highest BCUT2D eigenvalue weighted by Gasteiger charge is 2.02. The molecule has 0 radical (unpaired) electrons. The first-order valence-corrected chi connectivity index (χ1v) is 6.87. The maximum atomic E-state index is 11.5. The number of aromatic amines is 1. The quantitative estimate of drug-likeness (QED) is 0.572. The van der Waals surface area contributed by atoms with Gasteiger partial charge < -0.3 is 24.7 Å². The van der Waals surface area contributed by atoms with E-state index >= 15 is 0 Å². The van der Waals surface area contributed by atoms with Gasteiger partial charge in [0.05, 0.1) is 32.8 Å². The summed E-state index contributed by atoms with van der Waals surface area (Å²) in [5.41, 5.74) is 0.984. The molecule has 1 heterocycles. The van der Waals surface area contributed by atoms with E-state index in [1.165, 1.54) is 0 Å². The molecule has 1 aromatic rings. The minimum Gasteiger partial charge on any atom is -0.378 e. The highest BCUT2D eigenvalue weighted by atomic mass is 16.5. The molecule has 0 saturated heterocycles. The van der Waals surface area contributed by atoms with Crippen molar-refractivity contribution in [2.24, 2.45) is 0 Å². The van der Waals surface area contributed by atoms with Gasteiger partial charge in [-0.1, -0.05) is 0 Å². The van der Waals surface area contributed by atoms with Crippen LogP contribution in [0.15, 0.2) is 18.5 Å². The van der Waals surface area contributed by atoms with Gasteiger partial charge in [-0.2, -0.15) is 0 Å². The Morgan fingerprint density at radius 3 is 2.65 bits per heavy atom. The van der Waals surface area contributed by atoms with Crippen LogP contribution in [0.25, 0.3) is 0 Å². The molecule has 0 unspecified atom stereocenters. The first-order valence-electron chi connectivity index (χ1n) is 6.87. The lowest BCUT2D eigenvalue weighted by atomic mass is 10.2. The lowest BCUT2D eigenvalue weighted by Crippen LogP contribution is -2.29. The molecule has 0 aliphatic heterocycles. The maximum Gasteiger partial charge on any atom is 0.224 e. The topological polar surface area (TPSA) is 66.6 Å². The molecule has 0 aliphatic carbocycles. The zero-order valence-corrected chi connectivity index (χ0v) is 12.4. The van der Waals surface area contributed by atoms with Crippen LogP contribution in [0.4, 0.5) is 0 Å². The van der Waals surface area contributed by atoms with Gasteiger partial charge in [-0.05, 0) is 25.7 Å². The molecule has 0 aliphatic rings. The number of likely N-dealkylation sites (N-methyl/N-ethyl adjacent to an activating group) is 1. The molecule has 1 amide bonds. The molecular weight excluding hydrogens is 258 g/mol. The number of carbonyl (C=O) groups excluding carboxylic acids is 1. The SMILES string of the molecule is CN(C)CCOCCOCCNC(=O)Cc1cc[nH]c1. The van der Waals surface area contributed by atoms with Crippen LogP contribution < -0.4 is 5.32 Å². The average Bonchev–Trinajstić information content (AvgIpc) is 2.89. The maximum absolute atomic E-state index is 11.5. The predicted molar refractivity (Wildman–Crippen MR) is 77.7 cm³/mol. The highest BCUT2D eigenvalue weighted by Crippen LogP contribution is 1.96. The minimum absolute atomic E-state index is 0.00966. The standard InChI is InChI=1S/C14H25N3O3/c1-17(2)6-8-20-10-9-19-7-5-16-14(18)11-13-3-4-15-12-13/h3-4,12,15H,5-11H2,1-2H3,(H,16,18). The third-order valence-electron chi connectivity index (χ3n) is 2.65. The number of aromatic nitrogens is 1. The van der Waals surface area contributed by atoms with E-state index in [0.29, 0.717) is 39.4 Å². The van der Waals surface area contributed by atoms with Crippen LogP contribution in [-0.4, -0.2) is 69.4 Å². The number of hydrogen-bond donors (Lipinski definition) is 2. The molecule has 0 spiro atoms. The largest absolute Gasteiger partial charge is 0.378 e. The zero-order valence-electron chi connectivity index (χ0n) is 12.4. The number of ether oxygens (including phenoxy) is 2. The number of H-pyrrole nitrogens is 1. The Kier molecular flexibility index (Phi) is 8.69. The van der Waals surface area contributed by atoms with Gasteiger partial charge in [0.2, 0.25) is 5.91 Å². The van der Waals surface area contributed by atoms with Crippen molar-refractivity contribution in [2.75, 3.05) is 53.6 Å². The van der Waals surface area contributed by atoms with Gasteiger partial charge >= 0.3 is 0 Å². The fourth-order valence-corrected chi connectivity index (χ4v) is 1.55. The number of nitrogens with one attached hydrogen (secondary N) is 2. The second-order valence-corrected chi connectivity index (χ2v) is 4.77. The second kappa shape index (κ2) is 10.4. The minimum atomic E-state index is 0.00966. The molecule has 1 rings (SSSR count). The Morgan fingerprint density at radius 2 is 2.00 bits per heavy atom. The molecule has 0 fully saturated rings. The average molecular weight is 283 g/mol. The van der Waals surface area contributed by atoms with Crippen molar-refractivity contribution in [1.82, 2.24) is 15.2 Å². The van der Waals surface area contributed by atoms with Crippen LogP contribution in [-0.2, 0) is 20.7 Å². The van der Waals surface area contributed by atoms with Crippen molar-refractivity contribution >= 4 is 5.91 Å². The highest BCUT2D eigenvalue weighted by molar-refractivity contribution is 5.78. The Morgan fingerprint density at radius 1 is 1.25 bits per heavy atom. The van der Waals surface area contributed by atoms with E-state index in [9.17, 15) is 4.79 Å². The molecule has 0 atom stereocenters. The van der Waals surface area contributed by atoms with Gasteiger partial charge in [-0.3, -0.25) is 4.79 Å². The first-order chi connectivity index (χ1) is 9.68. The molecule has 0 aromatic carbocycles. The molecule has 6 nitrogen and oxygen atoms in total. The molecule has 0 bridgehead atoms. The third kappa shape index (κ3) is 8.68. The Bertz CT molecular complexity index is 353. The van der Waals surface area contributed by atoms with Crippen LogP contribution in [0.5, 0.6) is 0 Å². The summed E-state index contributed by atoms with van der Waals surface area (Å²) in [6, 6.07) is 1.89. The summed E-state index contributed by atoms with van der Waals surface area (Å²) < 4.78 is 10.8. The number of rotatable bonds is 11. The van der Waals surface area contributed by atoms with Gasteiger partial charge in [-0.15, -0.1) is 0 Å². The van der Waals surface area contributed by atoms with Crippen molar-refractivity contribution in [3.8, 4) is 0 Å². The summed E-state index contributed by atoms with van der Waals surface area (Å²) in [4.78, 5) is 16.5. The fourth-order valence-electron chi connectivity index (χ4n) is 1.55. The number of amides is 1. The van der Waals surface area contributed by atoms with E-state index in [-0.39, 0.29) is 5.91 Å². The molecule has 6 heteroatoms. The van der Waals surface area contributed by atoms with Gasteiger partial charge in [-0.25, -0.2) is 0 Å². The second-order valence-electron chi connectivity index (χ2n) is 4.77. The number of hydrogen-bond acceptors (Lipinski definition) is 4. The van der Waals surface area contributed by atoms with Gasteiger partial charge in [0, 0.05) is 25.5 Å². The van der Waals surface area contributed by atoms with E-state index in [4.69, 9.17) is 9.47 Å². The van der Waals surface area contributed by atoms with Crippen molar-refractivity contribution < 1.29 is 14.3 Å². The van der Waals surface area contributed by atoms with Gasteiger partial charge in [0.1, 0.15) is 0 Å². The summed E-state index contributed by atoms with van der Waals surface area (Å²) in [7, 11) is 4.02. The lowest BCUT2D eigenvalue weighted by molar-refractivity contribution is -0.120. The zero-order chi connectivity index (χ0) is 14.6. The van der Waals surface area contributed by atoms with Crippen LogP contribution in [0.1, 0.15) is 5.56 Å². The van der Waals surface area contributed by atoms with Crippen molar-refractivity contribution in [3.05, 3.63) is 24.0 Å². The molecule has 114 valence electrons. The number of carbonyl (C=O) groups is 1. The van der Waals surface area contributed by atoms with Crippen LogP contribution in [0.2, 0.25) is 0 Å². The predicted octanol–water partition coefficient (Wildman–Crippen LogP) is 0.268. The van der Waals surface area contributed by atoms with E-state index in [1.807, 2.05) is 32.6 Å². The summed E-state index contributed by atoms with van der Waals surface area (Å²) in [5.74, 6) is 0.00966. The van der Waals surface area contributed by atoms with E-state index < -0.39 is 0 Å².